The fourth-order valence-corrected chi connectivity index (χ4v) is 0. The molecule has 0 fully saturated rings. The van der Waals surface area contributed by atoms with E-state index in [4.69, 9.17) is 0 Å². The van der Waals surface area contributed by atoms with E-state index in [1.807, 2.05) is 0 Å². The summed E-state index contributed by atoms with van der Waals surface area (Å²) in [6.45, 7) is 0. The van der Waals surface area contributed by atoms with Crippen LogP contribution in [-0.2, 0) is 0 Å². The Balaban J connectivity index is 0. The third-order valence-electron chi connectivity index (χ3n) is 0. The first-order chi connectivity index (χ1) is 0. The molecule has 0 saturated heterocycles. The van der Waals surface area contributed by atoms with Crippen LogP contribution < -0.4 is 71.9 Å². The average Bonchev–Trinajstić information content (AvgIpc) is 0. The van der Waals surface area contributed by atoms with E-state index in [2.05, 4.69) is 0 Å². The van der Waals surface area contributed by atoms with Gasteiger partial charge >= 0.3 is 27.3 Å². The SMILES string of the molecule is [I-].[I-].[I-].[Pb+2]. The standard InChI is InChI=1S/3HI.Pb/h3*1H;/q;;;+2/p-3. The molecule has 0 aliphatic carbocycles. The predicted molar refractivity (Wildman–Crippen MR) is 5.75 cm³/mol. The summed E-state index contributed by atoms with van der Waals surface area (Å²) < 4.78 is 0. The first-order valence-electron chi connectivity index (χ1n) is 0. The van der Waals surface area contributed by atoms with E-state index in [0.717, 1.165) is 0 Å². The Hall–Kier alpha value is 3.11. The number of hydrogen-bond donors (Lipinski definition) is 0. The Labute approximate surface area is 97.1 Å². The molecule has 0 spiro atoms. The average molecular weight is 588 g/mol. The molecule has 0 N–H and O–H groups in total. The van der Waals surface area contributed by atoms with E-state index in [1.165, 1.54) is 0 Å². The minimum absolute atomic E-state index is 0. The fourth-order valence-electron chi connectivity index (χ4n) is 0. The summed E-state index contributed by atoms with van der Waals surface area (Å²) in [4.78, 5) is 0. The molecule has 0 aromatic rings. The summed E-state index contributed by atoms with van der Waals surface area (Å²) in [5.74, 6) is 0. The van der Waals surface area contributed by atoms with Crippen molar-refractivity contribution in [3.05, 3.63) is 0 Å². The van der Waals surface area contributed by atoms with Crippen molar-refractivity contribution in [1.29, 1.82) is 0 Å². The zero-order valence-corrected chi connectivity index (χ0v) is 12.0. The van der Waals surface area contributed by atoms with Gasteiger partial charge in [-0.25, -0.2) is 0 Å². The molecule has 26 valence electrons. The second kappa shape index (κ2) is 16.5. The summed E-state index contributed by atoms with van der Waals surface area (Å²) in [5.41, 5.74) is 0. The maximum Gasteiger partial charge on any atom is 2.00 e. The van der Waals surface area contributed by atoms with Crippen molar-refractivity contribution in [2.24, 2.45) is 0 Å². The van der Waals surface area contributed by atoms with Crippen LogP contribution >= 0.6 is 0 Å². The van der Waals surface area contributed by atoms with Crippen LogP contribution in [0.25, 0.3) is 0 Å². The van der Waals surface area contributed by atoms with E-state index in [9.17, 15) is 0 Å². The number of rotatable bonds is 0. The molecule has 4 heavy (non-hydrogen) atoms. The van der Waals surface area contributed by atoms with Gasteiger partial charge in [-0.05, 0) is 0 Å². The minimum atomic E-state index is 0. The molecule has 0 aromatic carbocycles. The van der Waals surface area contributed by atoms with Gasteiger partial charge < -0.3 is 71.9 Å². The van der Waals surface area contributed by atoms with E-state index >= 15 is 0 Å². The monoisotopic (exact) mass is 589 g/mol. The van der Waals surface area contributed by atoms with Crippen LogP contribution in [0.5, 0.6) is 0 Å². The van der Waals surface area contributed by atoms with Crippen molar-refractivity contribution < 1.29 is 71.9 Å². The van der Waals surface area contributed by atoms with Gasteiger partial charge in [0.25, 0.3) is 0 Å². The van der Waals surface area contributed by atoms with Crippen molar-refractivity contribution in [2.45, 2.75) is 0 Å². The van der Waals surface area contributed by atoms with Crippen LogP contribution in [0, 0.1) is 0 Å². The predicted octanol–water partition coefficient (Wildman–Crippen LogP) is -9.37. The van der Waals surface area contributed by atoms with Gasteiger partial charge in [0.05, 0.1) is 0 Å². The minimum Gasteiger partial charge on any atom is -1.00 e. The molecule has 0 nitrogen and oxygen atoms in total. The van der Waals surface area contributed by atoms with Crippen molar-refractivity contribution >= 4 is 27.3 Å². The van der Waals surface area contributed by atoms with Gasteiger partial charge in [0, 0.05) is 0 Å². The summed E-state index contributed by atoms with van der Waals surface area (Å²) in [6.07, 6.45) is 0. The third-order valence-corrected chi connectivity index (χ3v) is 0. The van der Waals surface area contributed by atoms with Gasteiger partial charge in [0.1, 0.15) is 0 Å². The smallest absolute Gasteiger partial charge is 1.00 e. The zero-order valence-electron chi connectivity index (χ0n) is 1.63. The second-order valence-electron chi connectivity index (χ2n) is 0. The number of hydrogen-bond acceptors (Lipinski definition) is 0. The molecule has 0 heterocycles. The molecule has 0 unspecified atom stereocenters. The molecule has 0 saturated carbocycles. The van der Waals surface area contributed by atoms with E-state index in [0.29, 0.717) is 0 Å². The Morgan fingerprint density at radius 3 is 0.500 bits per heavy atom. The Kier molecular flexibility index (Phi) is 113. The molecule has 0 bridgehead atoms. The molecule has 0 atom stereocenters. The quantitative estimate of drug-likeness (QED) is 0.195. The van der Waals surface area contributed by atoms with Crippen LogP contribution in [0.3, 0.4) is 0 Å². The Bertz CT molecular complexity index is 3.25. The third kappa shape index (κ3) is 8.93. The topological polar surface area (TPSA) is 0 Å². The summed E-state index contributed by atoms with van der Waals surface area (Å²) in [7, 11) is 0. The van der Waals surface area contributed by atoms with Crippen molar-refractivity contribution in [3.63, 3.8) is 0 Å². The maximum atomic E-state index is 0. The molecular weight excluding hydrogens is 588 g/mol. The van der Waals surface area contributed by atoms with E-state index in [1.54, 1.807) is 0 Å². The first kappa shape index (κ1) is 27.4. The largest absolute Gasteiger partial charge is 2.00 e. The Morgan fingerprint density at radius 1 is 0.500 bits per heavy atom. The molecule has 2 radical (unpaired) electrons. The summed E-state index contributed by atoms with van der Waals surface area (Å²) in [5, 5.41) is 0. The van der Waals surface area contributed by atoms with E-state index < -0.39 is 0 Å². The van der Waals surface area contributed by atoms with E-state index in [-0.39, 0.29) is 99.2 Å². The molecule has 4 heteroatoms. The van der Waals surface area contributed by atoms with Crippen LogP contribution in [0.2, 0.25) is 0 Å². The molecule has 0 aliphatic rings. The molecule has 0 aromatic heterocycles. The Morgan fingerprint density at radius 2 is 0.500 bits per heavy atom. The number of halogens is 3. The van der Waals surface area contributed by atoms with Gasteiger partial charge in [-0.3, -0.25) is 0 Å². The van der Waals surface area contributed by atoms with Gasteiger partial charge in [0.2, 0.25) is 0 Å². The van der Waals surface area contributed by atoms with Gasteiger partial charge in [0.15, 0.2) is 0 Å². The first-order valence-corrected chi connectivity index (χ1v) is 0. The van der Waals surface area contributed by atoms with Crippen LogP contribution in [0.1, 0.15) is 0 Å². The van der Waals surface area contributed by atoms with Crippen LogP contribution in [0.15, 0.2) is 0 Å². The van der Waals surface area contributed by atoms with Crippen LogP contribution in [-0.4, -0.2) is 27.3 Å². The van der Waals surface area contributed by atoms with Gasteiger partial charge in [-0.15, -0.1) is 0 Å². The zero-order chi connectivity index (χ0) is 0. The van der Waals surface area contributed by atoms with Crippen LogP contribution in [0.4, 0.5) is 0 Å². The maximum absolute atomic E-state index is 0. The molecule has 0 amide bonds. The van der Waals surface area contributed by atoms with Gasteiger partial charge in [-0.1, -0.05) is 0 Å². The normalized spacial score (nSPS) is 0. The second-order valence-corrected chi connectivity index (χ2v) is 0. The molecule has 0 rings (SSSR count). The van der Waals surface area contributed by atoms with Crippen molar-refractivity contribution in [1.82, 2.24) is 0 Å². The fraction of sp³-hybridized carbons (Fsp3) is 0. The summed E-state index contributed by atoms with van der Waals surface area (Å²) in [6, 6.07) is 0. The van der Waals surface area contributed by atoms with Crippen molar-refractivity contribution in [2.75, 3.05) is 0 Å². The van der Waals surface area contributed by atoms with Crippen molar-refractivity contribution in [3.8, 4) is 0 Å². The summed E-state index contributed by atoms with van der Waals surface area (Å²) >= 11 is 0. The van der Waals surface area contributed by atoms with Gasteiger partial charge in [-0.2, -0.15) is 0 Å². The molecule has 0 aliphatic heterocycles. The molecular formula is I3Pb-.